The molecule has 0 unspecified atom stereocenters. The molecule has 0 saturated carbocycles. The van der Waals surface area contributed by atoms with Gasteiger partial charge in [-0.3, -0.25) is 0 Å². The normalized spacial score (nSPS) is 11.3. The average molecular weight is 400 g/mol. The number of pyridine rings is 1. The first-order chi connectivity index (χ1) is 12.8. The Bertz CT molecular complexity index is 1240. The zero-order chi connectivity index (χ0) is 17.5. The highest BCUT2D eigenvalue weighted by atomic mass is 79.9. The summed E-state index contributed by atoms with van der Waals surface area (Å²) in [4.78, 5) is 4.55. The highest BCUT2D eigenvalue weighted by Crippen LogP contribution is 2.36. The van der Waals surface area contributed by atoms with Crippen LogP contribution in [0.15, 0.2) is 89.8 Å². The molecule has 2 aromatic heterocycles. The minimum Gasteiger partial charge on any atom is -0.219 e. The van der Waals surface area contributed by atoms with Crippen LogP contribution < -0.4 is 0 Å². The van der Waals surface area contributed by atoms with E-state index >= 15 is 0 Å². The van der Waals surface area contributed by atoms with Gasteiger partial charge in [-0.2, -0.15) is 0 Å². The Morgan fingerprint density at radius 2 is 1.35 bits per heavy atom. The van der Waals surface area contributed by atoms with Gasteiger partial charge in [0.05, 0.1) is 0 Å². The summed E-state index contributed by atoms with van der Waals surface area (Å²) in [5, 5.41) is 6.81. The summed E-state index contributed by atoms with van der Waals surface area (Å²) in [6.45, 7) is 0. The van der Waals surface area contributed by atoms with Gasteiger partial charge in [0, 0.05) is 11.8 Å². The molecule has 0 fully saturated rings. The summed E-state index contributed by atoms with van der Waals surface area (Å²) in [6.07, 6.45) is 1.91. The van der Waals surface area contributed by atoms with Gasteiger partial charge in [0.25, 0.3) is 0 Å². The number of aromatic nitrogens is 3. The Kier molecular flexibility index (Phi) is 3.57. The van der Waals surface area contributed by atoms with Crippen LogP contribution in [0.5, 0.6) is 0 Å². The Hall–Kier alpha value is -2.98. The first-order valence-corrected chi connectivity index (χ1v) is 9.19. The summed E-state index contributed by atoms with van der Waals surface area (Å²) >= 11 is 3.38. The van der Waals surface area contributed by atoms with Crippen molar-refractivity contribution < 1.29 is 0 Å². The van der Waals surface area contributed by atoms with Gasteiger partial charge in [0.2, 0.25) is 4.73 Å². The molecule has 0 aliphatic heterocycles. The molecule has 3 nitrogen and oxygen atoms in total. The van der Waals surface area contributed by atoms with E-state index < -0.39 is 0 Å². The summed E-state index contributed by atoms with van der Waals surface area (Å²) in [5.41, 5.74) is 5.53. The van der Waals surface area contributed by atoms with Crippen LogP contribution in [0.1, 0.15) is 0 Å². The number of hydrogen-bond acceptors (Lipinski definition) is 2. The van der Waals surface area contributed by atoms with Crippen LogP contribution in [-0.2, 0) is 0 Å². The molecule has 0 bridgehead atoms. The summed E-state index contributed by atoms with van der Waals surface area (Å²) in [6, 6.07) is 27.5. The molecule has 0 amide bonds. The van der Waals surface area contributed by atoms with Crippen molar-refractivity contribution in [2.24, 2.45) is 0 Å². The van der Waals surface area contributed by atoms with Gasteiger partial charge in [0.1, 0.15) is 0 Å². The maximum Gasteiger partial charge on any atom is 0.218 e. The van der Waals surface area contributed by atoms with Crippen molar-refractivity contribution in [3.63, 3.8) is 0 Å². The van der Waals surface area contributed by atoms with E-state index in [0.29, 0.717) is 4.73 Å². The van der Waals surface area contributed by atoms with Crippen LogP contribution in [0.25, 0.3) is 38.7 Å². The number of halogens is 1. The summed E-state index contributed by atoms with van der Waals surface area (Å²) in [7, 11) is 0. The SMILES string of the molecule is Brc1nc2c(-c3ccc(-c4ccccc4)c4ccccc34)cccn2n1. The molecule has 0 aliphatic carbocycles. The second-order valence-corrected chi connectivity index (χ2v) is 6.85. The van der Waals surface area contributed by atoms with Crippen molar-refractivity contribution in [3.05, 3.63) is 89.8 Å². The molecule has 4 heteroatoms. The van der Waals surface area contributed by atoms with Gasteiger partial charge in [0.15, 0.2) is 5.65 Å². The third kappa shape index (κ3) is 2.42. The van der Waals surface area contributed by atoms with Crippen molar-refractivity contribution in [3.8, 4) is 22.3 Å². The van der Waals surface area contributed by atoms with Crippen molar-refractivity contribution in [1.82, 2.24) is 14.6 Å². The number of benzene rings is 3. The van der Waals surface area contributed by atoms with E-state index in [-0.39, 0.29) is 0 Å². The zero-order valence-corrected chi connectivity index (χ0v) is 15.4. The predicted octanol–water partition coefficient (Wildman–Crippen LogP) is 5.98. The lowest BCUT2D eigenvalue weighted by Crippen LogP contribution is -1.91. The third-order valence-electron chi connectivity index (χ3n) is 4.64. The van der Waals surface area contributed by atoms with Crippen LogP contribution in [0, 0.1) is 0 Å². The summed E-state index contributed by atoms with van der Waals surface area (Å²) in [5.74, 6) is 0. The molecule has 0 radical (unpaired) electrons. The smallest absolute Gasteiger partial charge is 0.218 e. The number of fused-ring (bicyclic) bond motifs is 2. The molecule has 3 aromatic carbocycles. The molecule has 26 heavy (non-hydrogen) atoms. The minimum atomic E-state index is 0.593. The highest BCUT2D eigenvalue weighted by Gasteiger charge is 2.13. The molecule has 0 aliphatic rings. The zero-order valence-electron chi connectivity index (χ0n) is 13.8. The van der Waals surface area contributed by atoms with Gasteiger partial charge >= 0.3 is 0 Å². The molecule has 5 aromatic rings. The topological polar surface area (TPSA) is 30.2 Å². The quantitative estimate of drug-likeness (QED) is 0.365. The lowest BCUT2D eigenvalue weighted by atomic mass is 9.92. The first-order valence-electron chi connectivity index (χ1n) is 8.40. The standard InChI is InChI=1S/C22H14BrN3/c23-22-24-21-20(11-6-14-26(21)25-22)19-13-12-16(15-7-2-1-3-8-15)17-9-4-5-10-18(17)19/h1-14H. The van der Waals surface area contributed by atoms with Gasteiger partial charge in [-0.15, -0.1) is 5.10 Å². The van der Waals surface area contributed by atoms with Gasteiger partial charge in [-0.1, -0.05) is 66.7 Å². The fourth-order valence-corrected chi connectivity index (χ4v) is 3.83. The number of rotatable bonds is 2. The van der Waals surface area contributed by atoms with Crippen LogP contribution in [-0.4, -0.2) is 14.6 Å². The Morgan fingerprint density at radius 3 is 2.15 bits per heavy atom. The highest BCUT2D eigenvalue weighted by molar-refractivity contribution is 9.10. The second kappa shape index (κ2) is 6.07. The van der Waals surface area contributed by atoms with Gasteiger partial charge < -0.3 is 0 Å². The molecular weight excluding hydrogens is 386 g/mol. The average Bonchev–Trinajstić information content (AvgIpc) is 3.08. The molecule has 0 saturated heterocycles. The van der Waals surface area contributed by atoms with E-state index in [2.05, 4.69) is 92.7 Å². The molecule has 0 N–H and O–H groups in total. The van der Waals surface area contributed by atoms with E-state index in [4.69, 9.17) is 0 Å². The third-order valence-corrected chi connectivity index (χ3v) is 4.97. The van der Waals surface area contributed by atoms with Crippen molar-refractivity contribution in [2.75, 3.05) is 0 Å². The van der Waals surface area contributed by atoms with Crippen LogP contribution in [0.3, 0.4) is 0 Å². The lowest BCUT2D eigenvalue weighted by Gasteiger charge is -2.12. The Balaban J connectivity index is 1.83. The van der Waals surface area contributed by atoms with E-state index in [0.717, 1.165) is 16.8 Å². The van der Waals surface area contributed by atoms with E-state index in [1.54, 1.807) is 4.52 Å². The number of hydrogen-bond donors (Lipinski definition) is 0. The maximum absolute atomic E-state index is 4.55. The first kappa shape index (κ1) is 15.3. The molecule has 2 heterocycles. The monoisotopic (exact) mass is 399 g/mol. The lowest BCUT2D eigenvalue weighted by molar-refractivity contribution is 0.946. The maximum atomic E-state index is 4.55. The van der Waals surface area contributed by atoms with Crippen LogP contribution in [0.4, 0.5) is 0 Å². The van der Waals surface area contributed by atoms with E-state index in [9.17, 15) is 0 Å². The fourth-order valence-electron chi connectivity index (χ4n) is 3.49. The molecule has 0 atom stereocenters. The molecule has 124 valence electrons. The van der Waals surface area contributed by atoms with E-state index in [1.165, 1.54) is 21.9 Å². The van der Waals surface area contributed by atoms with Crippen molar-refractivity contribution >= 4 is 32.3 Å². The fraction of sp³-hybridized carbons (Fsp3) is 0. The van der Waals surface area contributed by atoms with E-state index in [1.807, 2.05) is 18.3 Å². The Morgan fingerprint density at radius 1 is 0.654 bits per heavy atom. The molecule has 5 rings (SSSR count). The second-order valence-electron chi connectivity index (χ2n) is 6.14. The Labute approximate surface area is 159 Å². The van der Waals surface area contributed by atoms with Crippen LogP contribution in [0.2, 0.25) is 0 Å². The summed E-state index contributed by atoms with van der Waals surface area (Å²) < 4.78 is 2.40. The minimum absolute atomic E-state index is 0.593. The predicted molar refractivity (Wildman–Crippen MR) is 109 cm³/mol. The molecular formula is C22H14BrN3. The largest absolute Gasteiger partial charge is 0.219 e. The van der Waals surface area contributed by atoms with Gasteiger partial charge in [-0.25, -0.2) is 9.50 Å². The van der Waals surface area contributed by atoms with Gasteiger partial charge in [-0.05, 0) is 55.5 Å². The molecule has 0 spiro atoms. The number of nitrogens with zero attached hydrogens (tertiary/aromatic N) is 3. The van der Waals surface area contributed by atoms with Crippen molar-refractivity contribution in [2.45, 2.75) is 0 Å². The van der Waals surface area contributed by atoms with Crippen LogP contribution >= 0.6 is 15.9 Å². The van der Waals surface area contributed by atoms with Crippen molar-refractivity contribution in [1.29, 1.82) is 0 Å².